The second-order valence-electron chi connectivity index (χ2n) is 6.27. The molecule has 0 atom stereocenters. The minimum absolute atomic E-state index is 0.203. The lowest BCUT2D eigenvalue weighted by molar-refractivity contribution is -0.131. The molecule has 144 valence electrons. The van der Waals surface area contributed by atoms with E-state index in [9.17, 15) is 4.79 Å². The molecule has 0 saturated carbocycles. The standard InChI is InChI=1S/C20H26N4OS2/c1-21-20(23-11-14-26-17-5-3-2-4-6-17)22-10-7-19(25)24-12-8-18-16(15-24)9-13-27-18/h2-6,9,13H,7-8,10-12,14-15H2,1H3,(H2,21,22,23). The molecule has 0 bridgehead atoms. The second kappa shape index (κ2) is 10.4. The number of thiophene rings is 1. The summed E-state index contributed by atoms with van der Waals surface area (Å²) in [6.07, 6.45) is 1.47. The molecule has 27 heavy (non-hydrogen) atoms. The van der Waals surface area contributed by atoms with E-state index in [4.69, 9.17) is 0 Å². The van der Waals surface area contributed by atoms with Gasteiger partial charge >= 0.3 is 0 Å². The van der Waals surface area contributed by atoms with Gasteiger partial charge < -0.3 is 15.5 Å². The summed E-state index contributed by atoms with van der Waals surface area (Å²) in [6, 6.07) is 12.5. The van der Waals surface area contributed by atoms with Crippen LogP contribution in [0.3, 0.4) is 0 Å². The maximum atomic E-state index is 12.4. The van der Waals surface area contributed by atoms with Gasteiger partial charge in [-0.25, -0.2) is 0 Å². The van der Waals surface area contributed by atoms with Crippen LogP contribution in [0.15, 0.2) is 51.7 Å². The van der Waals surface area contributed by atoms with E-state index in [0.717, 1.165) is 37.8 Å². The molecule has 0 unspecified atom stereocenters. The lowest BCUT2D eigenvalue weighted by Gasteiger charge is -2.27. The monoisotopic (exact) mass is 402 g/mol. The molecule has 0 saturated heterocycles. The van der Waals surface area contributed by atoms with Gasteiger partial charge in [0.15, 0.2) is 5.96 Å². The molecule has 2 heterocycles. The van der Waals surface area contributed by atoms with Crippen LogP contribution in [0.25, 0.3) is 0 Å². The highest BCUT2D eigenvalue weighted by Gasteiger charge is 2.20. The van der Waals surface area contributed by atoms with Crippen molar-refractivity contribution in [2.75, 3.05) is 32.4 Å². The Morgan fingerprint density at radius 2 is 2.04 bits per heavy atom. The van der Waals surface area contributed by atoms with Crippen LogP contribution in [-0.4, -0.2) is 49.2 Å². The summed E-state index contributed by atoms with van der Waals surface area (Å²) in [5.74, 6) is 1.91. The average Bonchev–Trinajstić information content (AvgIpc) is 3.18. The number of rotatable bonds is 7. The molecule has 1 amide bonds. The van der Waals surface area contributed by atoms with Gasteiger partial charge in [0.2, 0.25) is 5.91 Å². The fourth-order valence-electron chi connectivity index (χ4n) is 2.98. The Hall–Kier alpha value is -1.99. The Kier molecular flexibility index (Phi) is 7.59. The summed E-state index contributed by atoms with van der Waals surface area (Å²) in [7, 11) is 1.75. The van der Waals surface area contributed by atoms with Crippen molar-refractivity contribution in [2.24, 2.45) is 4.99 Å². The van der Waals surface area contributed by atoms with E-state index in [1.807, 2.05) is 22.7 Å². The Morgan fingerprint density at radius 3 is 2.85 bits per heavy atom. The van der Waals surface area contributed by atoms with Gasteiger partial charge in [-0.1, -0.05) is 18.2 Å². The van der Waals surface area contributed by atoms with E-state index in [0.29, 0.717) is 13.0 Å². The van der Waals surface area contributed by atoms with Crippen molar-refractivity contribution in [3.63, 3.8) is 0 Å². The third-order valence-corrected chi connectivity index (χ3v) is 6.46. The van der Waals surface area contributed by atoms with Crippen molar-refractivity contribution in [2.45, 2.75) is 24.3 Å². The van der Waals surface area contributed by atoms with E-state index in [1.165, 1.54) is 15.3 Å². The highest BCUT2D eigenvalue weighted by Crippen LogP contribution is 2.24. The normalized spacial score (nSPS) is 14.0. The van der Waals surface area contributed by atoms with Gasteiger partial charge in [0, 0.05) is 55.2 Å². The fraction of sp³-hybridized carbons (Fsp3) is 0.400. The second-order valence-corrected chi connectivity index (χ2v) is 8.44. The molecule has 7 heteroatoms. The molecule has 1 aromatic heterocycles. The molecule has 0 radical (unpaired) electrons. The fourth-order valence-corrected chi connectivity index (χ4v) is 4.66. The number of amides is 1. The predicted molar refractivity (Wildman–Crippen MR) is 115 cm³/mol. The summed E-state index contributed by atoms with van der Waals surface area (Å²) < 4.78 is 0. The average molecular weight is 403 g/mol. The van der Waals surface area contributed by atoms with Crippen molar-refractivity contribution >= 4 is 35.0 Å². The van der Waals surface area contributed by atoms with Crippen molar-refractivity contribution < 1.29 is 4.79 Å². The number of aliphatic imine (C=N–C) groups is 1. The maximum Gasteiger partial charge on any atom is 0.224 e. The van der Waals surface area contributed by atoms with Crippen LogP contribution in [0.5, 0.6) is 0 Å². The van der Waals surface area contributed by atoms with Gasteiger partial charge in [0.05, 0.1) is 0 Å². The molecular weight excluding hydrogens is 376 g/mol. The minimum atomic E-state index is 0.203. The number of nitrogens with zero attached hydrogens (tertiary/aromatic N) is 2. The van der Waals surface area contributed by atoms with Gasteiger partial charge in [0.25, 0.3) is 0 Å². The van der Waals surface area contributed by atoms with E-state index < -0.39 is 0 Å². The molecule has 2 N–H and O–H groups in total. The van der Waals surface area contributed by atoms with Gasteiger partial charge in [-0.15, -0.1) is 23.1 Å². The molecule has 0 aliphatic carbocycles. The van der Waals surface area contributed by atoms with Crippen molar-refractivity contribution in [1.82, 2.24) is 15.5 Å². The van der Waals surface area contributed by atoms with Crippen LogP contribution in [0.2, 0.25) is 0 Å². The first-order chi connectivity index (χ1) is 13.3. The van der Waals surface area contributed by atoms with Gasteiger partial charge in [0.1, 0.15) is 0 Å². The number of benzene rings is 1. The number of hydrogen-bond donors (Lipinski definition) is 2. The summed E-state index contributed by atoms with van der Waals surface area (Å²) in [4.78, 5) is 21.3. The summed E-state index contributed by atoms with van der Waals surface area (Å²) in [6.45, 7) is 2.99. The molecule has 1 aromatic carbocycles. The van der Waals surface area contributed by atoms with Crippen molar-refractivity contribution in [3.8, 4) is 0 Å². The first kappa shape index (κ1) is 19.8. The van der Waals surface area contributed by atoms with E-state index in [2.05, 4.69) is 51.3 Å². The Bertz CT molecular complexity index is 760. The quantitative estimate of drug-likeness (QED) is 0.324. The summed E-state index contributed by atoms with van der Waals surface area (Å²) in [5.41, 5.74) is 1.31. The van der Waals surface area contributed by atoms with Gasteiger partial charge in [-0.2, -0.15) is 0 Å². The molecule has 0 fully saturated rings. The van der Waals surface area contributed by atoms with Crippen LogP contribution in [0.4, 0.5) is 0 Å². The lowest BCUT2D eigenvalue weighted by atomic mass is 10.1. The Labute approximate surface area is 169 Å². The number of fused-ring (bicyclic) bond motifs is 1. The number of nitrogens with one attached hydrogen (secondary N) is 2. The smallest absolute Gasteiger partial charge is 0.224 e. The van der Waals surface area contributed by atoms with Crippen LogP contribution < -0.4 is 10.6 Å². The first-order valence-corrected chi connectivity index (χ1v) is 11.1. The third-order valence-electron chi connectivity index (χ3n) is 4.42. The van der Waals surface area contributed by atoms with Crippen LogP contribution >= 0.6 is 23.1 Å². The van der Waals surface area contributed by atoms with Crippen molar-refractivity contribution in [1.29, 1.82) is 0 Å². The molecule has 1 aliphatic heterocycles. The number of carbonyl (C=O) groups is 1. The van der Waals surface area contributed by atoms with Crippen LogP contribution in [0.1, 0.15) is 16.9 Å². The highest BCUT2D eigenvalue weighted by atomic mass is 32.2. The van der Waals surface area contributed by atoms with Crippen LogP contribution in [-0.2, 0) is 17.8 Å². The summed E-state index contributed by atoms with van der Waals surface area (Å²) >= 11 is 3.61. The molecule has 0 spiro atoms. The number of carbonyl (C=O) groups excluding carboxylic acids is 1. The van der Waals surface area contributed by atoms with Crippen molar-refractivity contribution in [3.05, 3.63) is 52.2 Å². The van der Waals surface area contributed by atoms with Crippen LogP contribution in [0, 0.1) is 0 Å². The molecule has 1 aliphatic rings. The molecule has 3 rings (SSSR count). The SMILES string of the molecule is CN=C(NCCSc1ccccc1)NCCC(=O)N1CCc2sccc2C1. The first-order valence-electron chi connectivity index (χ1n) is 9.21. The highest BCUT2D eigenvalue weighted by molar-refractivity contribution is 7.99. The number of hydrogen-bond acceptors (Lipinski definition) is 4. The van der Waals surface area contributed by atoms with E-state index in [1.54, 1.807) is 18.4 Å². The van der Waals surface area contributed by atoms with E-state index >= 15 is 0 Å². The zero-order valence-electron chi connectivity index (χ0n) is 15.6. The summed E-state index contributed by atoms with van der Waals surface area (Å²) in [5, 5.41) is 8.65. The topological polar surface area (TPSA) is 56.7 Å². The zero-order chi connectivity index (χ0) is 18.9. The van der Waals surface area contributed by atoms with Gasteiger partial charge in [-0.3, -0.25) is 9.79 Å². The number of guanidine groups is 1. The largest absolute Gasteiger partial charge is 0.356 e. The Morgan fingerprint density at radius 1 is 1.22 bits per heavy atom. The zero-order valence-corrected chi connectivity index (χ0v) is 17.2. The molecule has 5 nitrogen and oxygen atoms in total. The van der Waals surface area contributed by atoms with Gasteiger partial charge in [-0.05, 0) is 35.6 Å². The Balaban J connectivity index is 1.32. The molecular formula is C20H26N4OS2. The lowest BCUT2D eigenvalue weighted by Crippen LogP contribution is -2.41. The minimum Gasteiger partial charge on any atom is -0.356 e. The third kappa shape index (κ3) is 6.01. The molecule has 2 aromatic rings. The number of thioether (sulfide) groups is 1. The predicted octanol–water partition coefficient (Wildman–Crippen LogP) is 2.98. The van der Waals surface area contributed by atoms with E-state index in [-0.39, 0.29) is 5.91 Å². The maximum absolute atomic E-state index is 12.4.